The van der Waals surface area contributed by atoms with Gasteiger partial charge in [-0.25, -0.2) is 15.0 Å². The lowest BCUT2D eigenvalue weighted by Crippen LogP contribution is -2.26. The van der Waals surface area contributed by atoms with Gasteiger partial charge in [0.2, 0.25) is 5.82 Å². The smallest absolute Gasteiger partial charge is 0.214 e. The van der Waals surface area contributed by atoms with E-state index in [0.29, 0.717) is 23.0 Å². The molecule has 4 rings (SSSR count). The van der Waals surface area contributed by atoms with Gasteiger partial charge in [0.05, 0.1) is 0 Å². The van der Waals surface area contributed by atoms with Crippen molar-refractivity contribution < 1.29 is 0 Å². The second kappa shape index (κ2) is 4.17. The van der Waals surface area contributed by atoms with Crippen LogP contribution in [0.5, 0.6) is 0 Å². The molecule has 3 unspecified atom stereocenters. The van der Waals surface area contributed by atoms with Gasteiger partial charge in [0.1, 0.15) is 12.4 Å². The number of nitrogens with one attached hydrogen (secondary N) is 1. The van der Waals surface area contributed by atoms with E-state index in [1.165, 1.54) is 25.7 Å². The third kappa shape index (κ3) is 1.59. The Hall–Kier alpha value is -2.16. The maximum atomic E-state index is 9.08. The lowest BCUT2D eigenvalue weighted by molar-refractivity contribution is 0.439. The predicted molar refractivity (Wildman–Crippen MR) is 73.9 cm³/mol. The number of nitriles is 1. The average molecular weight is 268 g/mol. The van der Waals surface area contributed by atoms with Crippen molar-refractivity contribution in [2.75, 3.05) is 5.32 Å². The highest BCUT2D eigenvalue weighted by Gasteiger charge is 2.39. The monoisotopic (exact) mass is 268 g/mol. The van der Waals surface area contributed by atoms with Crippen LogP contribution in [0.2, 0.25) is 0 Å². The topological polar surface area (TPSA) is 79.4 Å². The Labute approximate surface area is 116 Å². The molecule has 0 saturated heterocycles. The van der Waals surface area contributed by atoms with Crippen LogP contribution in [-0.2, 0) is 7.05 Å². The summed E-state index contributed by atoms with van der Waals surface area (Å²) < 4.78 is 1.71. The minimum atomic E-state index is 0.372. The Balaban J connectivity index is 1.71. The largest absolute Gasteiger partial charge is 0.365 e. The van der Waals surface area contributed by atoms with Crippen LogP contribution in [0.4, 0.5) is 5.82 Å². The molecule has 1 N–H and O–H groups in total. The highest BCUT2D eigenvalue weighted by atomic mass is 15.2. The summed E-state index contributed by atoms with van der Waals surface area (Å²) in [6, 6.07) is 2.59. The summed E-state index contributed by atoms with van der Waals surface area (Å²) in [7, 11) is 1.81. The van der Waals surface area contributed by atoms with Gasteiger partial charge in [0.15, 0.2) is 17.0 Å². The minimum Gasteiger partial charge on any atom is -0.365 e. The Morgan fingerprint density at radius 2 is 2.25 bits per heavy atom. The number of imidazole rings is 1. The highest BCUT2D eigenvalue weighted by molar-refractivity contribution is 5.83. The number of hydrogen-bond donors (Lipinski definition) is 1. The summed E-state index contributed by atoms with van der Waals surface area (Å²) in [5, 5.41) is 12.6. The van der Waals surface area contributed by atoms with Gasteiger partial charge in [0.25, 0.3) is 0 Å². The highest BCUT2D eigenvalue weighted by Crippen LogP contribution is 2.45. The fourth-order valence-electron chi connectivity index (χ4n) is 3.80. The molecule has 2 heterocycles. The standard InChI is InChI=1S/C14H16N6/c1-20-11(6-15)19-12-13(16-7-17-14(12)20)18-10-5-8-2-3-9(10)4-8/h7-10H,2-5H2,1H3,(H,16,17,18). The number of anilines is 1. The van der Waals surface area contributed by atoms with Gasteiger partial charge in [-0.1, -0.05) is 6.42 Å². The van der Waals surface area contributed by atoms with Crippen LogP contribution in [-0.4, -0.2) is 25.6 Å². The summed E-state index contributed by atoms with van der Waals surface area (Å²) in [5.74, 6) is 2.79. The van der Waals surface area contributed by atoms with Crippen LogP contribution >= 0.6 is 0 Å². The first-order valence-corrected chi connectivity index (χ1v) is 7.10. The van der Waals surface area contributed by atoms with Gasteiger partial charge in [-0.3, -0.25) is 0 Å². The molecule has 3 atom stereocenters. The number of fused-ring (bicyclic) bond motifs is 3. The van der Waals surface area contributed by atoms with E-state index in [9.17, 15) is 0 Å². The van der Waals surface area contributed by atoms with Crippen molar-refractivity contribution in [2.45, 2.75) is 31.7 Å². The van der Waals surface area contributed by atoms with Gasteiger partial charge in [-0.2, -0.15) is 5.26 Å². The second-order valence-electron chi connectivity index (χ2n) is 5.93. The van der Waals surface area contributed by atoms with E-state index in [1.807, 2.05) is 7.05 Å². The molecule has 2 aromatic rings. The van der Waals surface area contributed by atoms with E-state index in [1.54, 1.807) is 10.9 Å². The molecule has 0 amide bonds. The first-order chi connectivity index (χ1) is 9.76. The van der Waals surface area contributed by atoms with Crippen LogP contribution in [0.3, 0.4) is 0 Å². The minimum absolute atomic E-state index is 0.372. The van der Waals surface area contributed by atoms with Crippen LogP contribution in [0.1, 0.15) is 31.5 Å². The molecular weight excluding hydrogens is 252 g/mol. The van der Waals surface area contributed by atoms with Gasteiger partial charge in [-0.15, -0.1) is 0 Å². The number of aryl methyl sites for hydroxylation is 1. The van der Waals surface area contributed by atoms with E-state index in [2.05, 4.69) is 26.3 Å². The molecule has 6 heteroatoms. The molecule has 0 spiro atoms. The molecule has 2 aliphatic carbocycles. The zero-order chi connectivity index (χ0) is 13.7. The van der Waals surface area contributed by atoms with Crippen molar-refractivity contribution in [3.63, 3.8) is 0 Å². The van der Waals surface area contributed by atoms with Crippen molar-refractivity contribution >= 4 is 17.0 Å². The predicted octanol–water partition coefficient (Wildman–Crippen LogP) is 1.84. The van der Waals surface area contributed by atoms with Gasteiger partial charge in [0, 0.05) is 13.1 Å². The summed E-state index contributed by atoms with van der Waals surface area (Å²) in [6.45, 7) is 0. The number of hydrogen-bond acceptors (Lipinski definition) is 5. The molecule has 2 fully saturated rings. The quantitative estimate of drug-likeness (QED) is 0.899. The molecule has 0 aromatic carbocycles. The van der Waals surface area contributed by atoms with E-state index in [4.69, 9.17) is 5.26 Å². The maximum absolute atomic E-state index is 9.08. The van der Waals surface area contributed by atoms with E-state index < -0.39 is 0 Å². The van der Waals surface area contributed by atoms with Gasteiger partial charge >= 0.3 is 0 Å². The van der Waals surface area contributed by atoms with Crippen LogP contribution < -0.4 is 5.32 Å². The van der Waals surface area contributed by atoms with E-state index in [0.717, 1.165) is 17.7 Å². The number of aromatic nitrogens is 4. The molecule has 2 bridgehead atoms. The summed E-state index contributed by atoms with van der Waals surface area (Å²) in [4.78, 5) is 12.9. The fraction of sp³-hybridized carbons (Fsp3) is 0.571. The molecule has 102 valence electrons. The average Bonchev–Trinajstić information content (AvgIpc) is 3.14. The molecule has 2 aromatic heterocycles. The second-order valence-corrected chi connectivity index (χ2v) is 5.93. The van der Waals surface area contributed by atoms with Crippen LogP contribution in [0.25, 0.3) is 11.2 Å². The van der Waals surface area contributed by atoms with Crippen molar-refractivity contribution in [3.05, 3.63) is 12.2 Å². The van der Waals surface area contributed by atoms with Crippen LogP contribution in [0, 0.1) is 23.2 Å². The molecule has 20 heavy (non-hydrogen) atoms. The zero-order valence-corrected chi connectivity index (χ0v) is 11.4. The summed E-state index contributed by atoms with van der Waals surface area (Å²) in [5.41, 5.74) is 1.41. The molecule has 2 saturated carbocycles. The van der Waals surface area contributed by atoms with Crippen molar-refractivity contribution in [1.29, 1.82) is 5.26 Å². The van der Waals surface area contributed by atoms with Crippen molar-refractivity contribution in [2.24, 2.45) is 18.9 Å². The third-order valence-corrected chi connectivity index (χ3v) is 4.82. The third-order valence-electron chi connectivity index (χ3n) is 4.82. The van der Waals surface area contributed by atoms with Crippen LogP contribution in [0.15, 0.2) is 6.33 Å². The number of rotatable bonds is 2. The maximum Gasteiger partial charge on any atom is 0.214 e. The lowest BCUT2D eigenvalue weighted by Gasteiger charge is -2.23. The fourth-order valence-corrected chi connectivity index (χ4v) is 3.80. The first kappa shape index (κ1) is 11.6. The molecule has 2 aliphatic rings. The van der Waals surface area contributed by atoms with E-state index >= 15 is 0 Å². The van der Waals surface area contributed by atoms with Gasteiger partial charge < -0.3 is 9.88 Å². The summed E-state index contributed by atoms with van der Waals surface area (Å²) in [6.07, 6.45) is 6.82. The first-order valence-electron chi connectivity index (χ1n) is 7.10. The molecule has 0 radical (unpaired) electrons. The molecular formula is C14H16N6. The molecule has 0 aliphatic heterocycles. The Morgan fingerprint density at radius 3 is 2.95 bits per heavy atom. The lowest BCUT2D eigenvalue weighted by atomic mass is 9.95. The Kier molecular flexibility index (Phi) is 2.43. The van der Waals surface area contributed by atoms with Crippen molar-refractivity contribution in [3.8, 4) is 6.07 Å². The normalized spacial score (nSPS) is 27.9. The number of nitrogens with zero attached hydrogens (tertiary/aromatic N) is 5. The molecule has 6 nitrogen and oxygen atoms in total. The Morgan fingerprint density at radius 1 is 1.35 bits per heavy atom. The van der Waals surface area contributed by atoms with Gasteiger partial charge in [-0.05, 0) is 31.1 Å². The Bertz CT molecular complexity index is 712. The SMILES string of the molecule is Cn1c(C#N)nc2c(NC3CC4CCC3C4)ncnc21. The van der Waals surface area contributed by atoms with E-state index in [-0.39, 0.29) is 0 Å². The summed E-state index contributed by atoms with van der Waals surface area (Å²) >= 11 is 0. The van der Waals surface area contributed by atoms with Crippen molar-refractivity contribution in [1.82, 2.24) is 19.5 Å². The zero-order valence-electron chi connectivity index (χ0n) is 11.4.